The molecule has 3 atom stereocenters. The van der Waals surface area contributed by atoms with Crippen LogP contribution in [0.15, 0.2) is 0 Å². The van der Waals surface area contributed by atoms with Crippen LogP contribution in [0.4, 0.5) is 0 Å². The third-order valence-electron chi connectivity index (χ3n) is 5.20. The Kier molecular flexibility index (Phi) is 1.04. The van der Waals surface area contributed by atoms with Crippen LogP contribution < -0.4 is 0 Å². The average Bonchev–Trinajstić information content (AvgIpc) is 2.92. The molecule has 4 fully saturated rings. The highest BCUT2D eigenvalue weighted by Gasteiger charge is 2.80. The number of hydrogen-bond acceptors (Lipinski definition) is 1. The van der Waals surface area contributed by atoms with Gasteiger partial charge in [-0.2, -0.15) is 0 Å². The average molecular weight is 243 g/mol. The Hall–Kier alpha value is 0.440. The summed E-state index contributed by atoms with van der Waals surface area (Å²) in [5, 5.41) is 10.3. The Labute approximate surface area is 87.0 Å². The molecule has 4 saturated carbocycles. The van der Waals surface area contributed by atoms with Crippen LogP contribution in [-0.2, 0) is 0 Å². The fourth-order valence-electron chi connectivity index (χ4n) is 3.49. The van der Waals surface area contributed by atoms with E-state index in [4.69, 9.17) is 0 Å². The van der Waals surface area contributed by atoms with Gasteiger partial charge >= 0.3 is 0 Å². The van der Waals surface area contributed by atoms with Crippen molar-refractivity contribution in [3.63, 3.8) is 0 Å². The quantitative estimate of drug-likeness (QED) is 0.738. The van der Waals surface area contributed by atoms with Gasteiger partial charge in [-0.1, -0.05) is 15.9 Å². The van der Waals surface area contributed by atoms with Crippen LogP contribution in [0.5, 0.6) is 0 Å². The van der Waals surface area contributed by atoms with Crippen molar-refractivity contribution in [1.82, 2.24) is 0 Å². The molecule has 0 aliphatic heterocycles. The SMILES string of the molecule is OC(C1CC12CC2)C1(Br)CC12CC2. The van der Waals surface area contributed by atoms with Crippen LogP contribution in [0.3, 0.4) is 0 Å². The maximum absolute atomic E-state index is 10.3. The maximum Gasteiger partial charge on any atom is 0.0732 e. The van der Waals surface area contributed by atoms with Gasteiger partial charge in [0.15, 0.2) is 0 Å². The van der Waals surface area contributed by atoms with E-state index in [0.717, 1.165) is 0 Å². The Balaban J connectivity index is 1.56. The van der Waals surface area contributed by atoms with Crippen LogP contribution in [0.25, 0.3) is 0 Å². The summed E-state index contributed by atoms with van der Waals surface area (Å²) in [6, 6.07) is 0. The van der Waals surface area contributed by atoms with E-state index in [1.54, 1.807) is 0 Å². The summed E-state index contributed by atoms with van der Waals surface area (Å²) in [7, 11) is 0. The third kappa shape index (κ3) is 0.753. The molecule has 0 amide bonds. The smallest absolute Gasteiger partial charge is 0.0732 e. The van der Waals surface area contributed by atoms with E-state index in [0.29, 0.717) is 16.7 Å². The lowest BCUT2D eigenvalue weighted by atomic mass is 10.1. The zero-order valence-electron chi connectivity index (χ0n) is 7.72. The lowest BCUT2D eigenvalue weighted by Gasteiger charge is -2.17. The van der Waals surface area contributed by atoms with Gasteiger partial charge in [-0.05, 0) is 55.3 Å². The summed E-state index contributed by atoms with van der Waals surface area (Å²) in [5.41, 5.74) is 1.21. The van der Waals surface area contributed by atoms with Crippen LogP contribution in [-0.4, -0.2) is 15.5 Å². The molecule has 4 aliphatic rings. The van der Waals surface area contributed by atoms with Gasteiger partial charge in [0.25, 0.3) is 0 Å². The maximum atomic E-state index is 10.3. The first-order valence-corrected chi connectivity index (χ1v) is 6.28. The van der Waals surface area contributed by atoms with Crippen molar-refractivity contribution in [3.05, 3.63) is 0 Å². The molecule has 4 rings (SSSR count). The van der Waals surface area contributed by atoms with Gasteiger partial charge in [-0.25, -0.2) is 0 Å². The third-order valence-corrected chi connectivity index (χ3v) is 6.79. The predicted molar refractivity (Wildman–Crippen MR) is 53.7 cm³/mol. The van der Waals surface area contributed by atoms with Crippen LogP contribution in [0.1, 0.15) is 38.5 Å². The predicted octanol–water partition coefficient (Wildman–Crippen LogP) is 2.47. The van der Waals surface area contributed by atoms with Gasteiger partial charge < -0.3 is 5.11 Å². The van der Waals surface area contributed by atoms with Crippen molar-refractivity contribution in [2.45, 2.75) is 49.0 Å². The van der Waals surface area contributed by atoms with E-state index in [1.165, 1.54) is 38.5 Å². The Morgan fingerprint density at radius 3 is 2.31 bits per heavy atom. The Morgan fingerprint density at radius 1 is 1.23 bits per heavy atom. The van der Waals surface area contributed by atoms with E-state index < -0.39 is 0 Å². The molecule has 72 valence electrons. The first kappa shape index (κ1) is 7.70. The van der Waals surface area contributed by atoms with E-state index in [2.05, 4.69) is 15.9 Å². The van der Waals surface area contributed by atoms with Gasteiger partial charge in [0.2, 0.25) is 0 Å². The number of alkyl halides is 1. The molecular weight excluding hydrogens is 228 g/mol. The molecule has 0 saturated heterocycles. The summed E-state index contributed by atoms with van der Waals surface area (Å²) in [6.45, 7) is 0. The van der Waals surface area contributed by atoms with E-state index in [9.17, 15) is 5.11 Å². The molecule has 13 heavy (non-hydrogen) atoms. The lowest BCUT2D eigenvalue weighted by molar-refractivity contribution is 0.128. The van der Waals surface area contributed by atoms with E-state index in [-0.39, 0.29) is 10.4 Å². The zero-order valence-corrected chi connectivity index (χ0v) is 9.31. The molecule has 4 aliphatic carbocycles. The largest absolute Gasteiger partial charge is 0.391 e. The first-order chi connectivity index (χ1) is 6.12. The van der Waals surface area contributed by atoms with E-state index >= 15 is 0 Å². The molecule has 2 heteroatoms. The highest BCUT2D eigenvalue weighted by Crippen LogP contribution is 2.82. The minimum atomic E-state index is -0.0301. The normalized spacial score (nSPS) is 53.5. The van der Waals surface area contributed by atoms with Gasteiger partial charge in [0.05, 0.1) is 10.4 Å². The number of halogens is 1. The molecule has 0 aromatic rings. The Bertz CT molecular complexity index is 292. The summed E-state index contributed by atoms with van der Waals surface area (Å²) in [6.07, 6.45) is 8.03. The number of aliphatic hydroxyl groups excluding tert-OH is 1. The molecule has 0 heterocycles. The second-order valence-corrected chi connectivity index (χ2v) is 7.35. The van der Waals surface area contributed by atoms with Gasteiger partial charge in [0.1, 0.15) is 0 Å². The Morgan fingerprint density at radius 2 is 1.92 bits per heavy atom. The summed E-state index contributed by atoms with van der Waals surface area (Å²) in [4.78, 5) is 0. The molecule has 3 unspecified atom stereocenters. The van der Waals surface area contributed by atoms with Gasteiger partial charge in [-0.3, -0.25) is 0 Å². The monoisotopic (exact) mass is 242 g/mol. The highest BCUT2D eigenvalue weighted by atomic mass is 79.9. The fraction of sp³-hybridized carbons (Fsp3) is 1.00. The number of rotatable bonds is 2. The molecule has 0 aromatic carbocycles. The minimum absolute atomic E-state index is 0.0301. The van der Waals surface area contributed by atoms with Crippen LogP contribution >= 0.6 is 15.9 Å². The second kappa shape index (κ2) is 1.76. The van der Waals surface area contributed by atoms with Crippen molar-refractivity contribution in [2.75, 3.05) is 0 Å². The number of aliphatic hydroxyl groups is 1. The molecule has 1 N–H and O–H groups in total. The van der Waals surface area contributed by atoms with Crippen molar-refractivity contribution in [2.24, 2.45) is 16.7 Å². The van der Waals surface area contributed by atoms with Crippen LogP contribution in [0, 0.1) is 16.7 Å². The van der Waals surface area contributed by atoms with Crippen molar-refractivity contribution in [1.29, 1.82) is 0 Å². The summed E-state index contributed by atoms with van der Waals surface area (Å²) < 4.78 is 0.163. The highest BCUT2D eigenvalue weighted by molar-refractivity contribution is 9.10. The molecular formula is C11H15BrO. The molecule has 1 nitrogen and oxygen atoms in total. The standard InChI is InChI=1S/C11H15BrO/c12-11(6-10(11)3-4-10)8(13)7-5-9(7)1-2-9/h7-8,13H,1-6H2. The molecule has 2 spiro atoms. The van der Waals surface area contributed by atoms with Crippen LogP contribution in [0.2, 0.25) is 0 Å². The molecule has 0 bridgehead atoms. The van der Waals surface area contributed by atoms with Crippen molar-refractivity contribution >= 4 is 15.9 Å². The first-order valence-electron chi connectivity index (χ1n) is 5.49. The second-order valence-electron chi connectivity index (χ2n) is 5.94. The van der Waals surface area contributed by atoms with Gasteiger partial charge in [-0.15, -0.1) is 0 Å². The zero-order chi connectivity index (χ0) is 8.90. The number of hydrogen-bond donors (Lipinski definition) is 1. The lowest BCUT2D eigenvalue weighted by Crippen LogP contribution is -2.27. The van der Waals surface area contributed by atoms with Gasteiger partial charge in [0, 0.05) is 0 Å². The van der Waals surface area contributed by atoms with Crippen molar-refractivity contribution in [3.8, 4) is 0 Å². The summed E-state index contributed by atoms with van der Waals surface area (Å²) >= 11 is 3.81. The van der Waals surface area contributed by atoms with Crippen molar-refractivity contribution < 1.29 is 5.11 Å². The fourth-order valence-corrected chi connectivity index (χ4v) is 4.74. The van der Waals surface area contributed by atoms with E-state index in [1.807, 2.05) is 0 Å². The minimum Gasteiger partial charge on any atom is -0.391 e. The molecule has 0 radical (unpaired) electrons. The molecule has 0 aromatic heterocycles. The topological polar surface area (TPSA) is 20.2 Å². The summed E-state index contributed by atoms with van der Waals surface area (Å²) in [5.74, 6) is 0.659.